The van der Waals surface area contributed by atoms with Gasteiger partial charge in [0.1, 0.15) is 10.9 Å². The fourth-order valence-electron chi connectivity index (χ4n) is 1.74. The number of hydrogen-bond donors (Lipinski definition) is 1. The third-order valence-corrected chi connectivity index (χ3v) is 4.87. The van der Waals surface area contributed by atoms with Crippen molar-refractivity contribution in [2.24, 2.45) is 0 Å². The Balaban J connectivity index is 2.40. The van der Waals surface area contributed by atoms with Crippen LogP contribution in [0.4, 0.5) is 13.2 Å². The molecule has 1 heterocycles. The zero-order valence-corrected chi connectivity index (χ0v) is 14.3. The Hall–Kier alpha value is -1.16. The minimum atomic E-state index is -4.82. The standard InChI is InChI=1S/C13H9BrClF3N2O2S/c14-9-5-11(7-19-6-9)23(21,22)20-12(13(16,17)18)8-1-3-10(15)4-2-8/h1-7,12,20H. The summed E-state index contributed by atoms with van der Waals surface area (Å²) in [6, 6.07) is 3.49. The summed E-state index contributed by atoms with van der Waals surface area (Å²) < 4.78 is 66.1. The van der Waals surface area contributed by atoms with Crippen molar-refractivity contribution in [3.05, 3.63) is 57.8 Å². The number of nitrogens with zero attached hydrogens (tertiary/aromatic N) is 1. The van der Waals surface area contributed by atoms with Gasteiger partial charge in [-0.15, -0.1) is 0 Å². The maximum absolute atomic E-state index is 13.2. The highest BCUT2D eigenvalue weighted by Crippen LogP contribution is 2.34. The molecule has 2 rings (SSSR count). The number of benzene rings is 1. The van der Waals surface area contributed by atoms with Crippen molar-refractivity contribution in [2.45, 2.75) is 17.1 Å². The number of aromatic nitrogens is 1. The van der Waals surface area contributed by atoms with Crippen molar-refractivity contribution in [2.75, 3.05) is 0 Å². The van der Waals surface area contributed by atoms with E-state index in [1.54, 1.807) is 4.72 Å². The van der Waals surface area contributed by atoms with E-state index in [1.165, 1.54) is 18.3 Å². The first-order valence-electron chi connectivity index (χ1n) is 6.04. The Kier molecular flexibility index (Phi) is 5.34. The SMILES string of the molecule is O=S(=O)(NC(c1ccc(Cl)cc1)C(F)(F)F)c1cncc(Br)c1. The van der Waals surface area contributed by atoms with Crippen LogP contribution in [0.1, 0.15) is 11.6 Å². The van der Waals surface area contributed by atoms with Gasteiger partial charge in [-0.2, -0.15) is 17.9 Å². The van der Waals surface area contributed by atoms with E-state index < -0.39 is 22.2 Å². The van der Waals surface area contributed by atoms with Gasteiger partial charge >= 0.3 is 6.18 Å². The van der Waals surface area contributed by atoms with Crippen molar-refractivity contribution in [3.63, 3.8) is 0 Å². The minimum absolute atomic E-state index is 0.244. The van der Waals surface area contributed by atoms with E-state index in [2.05, 4.69) is 20.9 Å². The van der Waals surface area contributed by atoms with Gasteiger partial charge in [0.05, 0.1) is 0 Å². The Bertz CT molecular complexity index is 798. The number of pyridine rings is 1. The van der Waals surface area contributed by atoms with E-state index in [1.807, 2.05) is 0 Å². The topological polar surface area (TPSA) is 59.1 Å². The molecule has 124 valence electrons. The fourth-order valence-corrected chi connectivity index (χ4v) is 3.58. The van der Waals surface area contributed by atoms with Gasteiger partial charge in [-0.1, -0.05) is 23.7 Å². The number of halogens is 5. The molecule has 10 heteroatoms. The molecule has 0 saturated carbocycles. The molecule has 0 fully saturated rings. The third kappa shape index (κ3) is 4.66. The summed E-state index contributed by atoms with van der Waals surface area (Å²) >= 11 is 8.67. The van der Waals surface area contributed by atoms with Gasteiger partial charge in [0.2, 0.25) is 10.0 Å². The third-order valence-electron chi connectivity index (χ3n) is 2.79. The van der Waals surface area contributed by atoms with E-state index in [-0.39, 0.29) is 15.5 Å². The van der Waals surface area contributed by atoms with Crippen molar-refractivity contribution < 1.29 is 21.6 Å². The number of sulfonamides is 1. The predicted octanol–water partition coefficient (Wildman–Crippen LogP) is 4.08. The van der Waals surface area contributed by atoms with Gasteiger partial charge in [0.25, 0.3) is 0 Å². The Labute approximate surface area is 143 Å². The first-order chi connectivity index (χ1) is 10.6. The smallest absolute Gasteiger partial charge is 0.262 e. The lowest BCUT2D eigenvalue weighted by Gasteiger charge is -2.22. The van der Waals surface area contributed by atoms with Gasteiger partial charge in [0.15, 0.2) is 0 Å². The summed E-state index contributed by atoms with van der Waals surface area (Å²) in [6.45, 7) is 0. The van der Waals surface area contributed by atoms with Crippen LogP contribution < -0.4 is 4.72 Å². The summed E-state index contributed by atoms with van der Waals surface area (Å²) in [4.78, 5) is 3.26. The van der Waals surface area contributed by atoms with Crippen LogP contribution in [0.2, 0.25) is 5.02 Å². The Morgan fingerprint density at radius 3 is 2.30 bits per heavy atom. The van der Waals surface area contributed by atoms with Crippen LogP contribution in [-0.2, 0) is 10.0 Å². The van der Waals surface area contributed by atoms with Crippen LogP contribution in [0.15, 0.2) is 52.1 Å². The maximum atomic E-state index is 13.2. The molecule has 0 aliphatic carbocycles. The highest BCUT2D eigenvalue weighted by molar-refractivity contribution is 9.10. The van der Waals surface area contributed by atoms with Gasteiger partial charge in [-0.05, 0) is 39.7 Å². The fraction of sp³-hybridized carbons (Fsp3) is 0.154. The molecule has 0 saturated heterocycles. The largest absolute Gasteiger partial charge is 0.408 e. The first-order valence-corrected chi connectivity index (χ1v) is 8.70. The summed E-state index contributed by atoms with van der Waals surface area (Å²) in [6.07, 6.45) is -2.54. The summed E-state index contributed by atoms with van der Waals surface area (Å²) in [5, 5.41) is 0.244. The molecule has 0 spiro atoms. The summed E-state index contributed by atoms with van der Waals surface area (Å²) in [5.74, 6) is 0. The zero-order valence-electron chi connectivity index (χ0n) is 11.2. The molecular formula is C13H9BrClF3N2O2S. The number of alkyl halides is 3. The molecule has 23 heavy (non-hydrogen) atoms. The number of nitrogens with one attached hydrogen (secondary N) is 1. The van der Waals surface area contributed by atoms with E-state index in [4.69, 9.17) is 11.6 Å². The molecule has 0 bridgehead atoms. The normalized spacial score (nSPS) is 13.8. The zero-order chi connectivity index (χ0) is 17.3. The van der Waals surface area contributed by atoms with Crippen molar-refractivity contribution in [3.8, 4) is 0 Å². The van der Waals surface area contributed by atoms with Crippen LogP contribution in [0, 0.1) is 0 Å². The van der Waals surface area contributed by atoms with E-state index in [0.29, 0.717) is 4.47 Å². The van der Waals surface area contributed by atoms with Crippen LogP contribution in [0.25, 0.3) is 0 Å². The van der Waals surface area contributed by atoms with E-state index >= 15 is 0 Å². The van der Waals surface area contributed by atoms with Crippen molar-refractivity contribution in [1.82, 2.24) is 9.71 Å². The Morgan fingerprint density at radius 1 is 1.17 bits per heavy atom. The summed E-state index contributed by atoms with van der Waals surface area (Å²) in [5.41, 5.74) is -0.270. The molecule has 0 aliphatic heterocycles. The second-order valence-electron chi connectivity index (χ2n) is 4.49. The first kappa shape index (κ1) is 18.2. The van der Waals surface area contributed by atoms with Crippen LogP contribution >= 0.6 is 27.5 Å². The average molecular weight is 430 g/mol. The molecule has 1 unspecified atom stereocenters. The maximum Gasteiger partial charge on any atom is 0.408 e. The second kappa shape index (κ2) is 6.76. The summed E-state index contributed by atoms with van der Waals surface area (Å²) in [7, 11) is -4.42. The lowest BCUT2D eigenvalue weighted by molar-refractivity contribution is -0.153. The Morgan fingerprint density at radius 2 is 1.78 bits per heavy atom. The highest BCUT2D eigenvalue weighted by atomic mass is 79.9. The van der Waals surface area contributed by atoms with E-state index in [0.717, 1.165) is 24.4 Å². The van der Waals surface area contributed by atoms with Gasteiger partial charge in [-0.3, -0.25) is 4.98 Å². The number of hydrogen-bond acceptors (Lipinski definition) is 3. The molecular weight excluding hydrogens is 421 g/mol. The number of rotatable bonds is 4. The predicted molar refractivity (Wildman–Crippen MR) is 82.5 cm³/mol. The molecule has 2 aromatic rings. The monoisotopic (exact) mass is 428 g/mol. The van der Waals surface area contributed by atoms with Gasteiger partial charge in [0, 0.05) is 21.9 Å². The highest BCUT2D eigenvalue weighted by Gasteiger charge is 2.43. The van der Waals surface area contributed by atoms with Gasteiger partial charge in [-0.25, -0.2) is 8.42 Å². The molecule has 1 atom stereocenters. The quantitative estimate of drug-likeness (QED) is 0.797. The average Bonchev–Trinajstić information content (AvgIpc) is 2.45. The van der Waals surface area contributed by atoms with Crippen molar-refractivity contribution in [1.29, 1.82) is 0 Å². The van der Waals surface area contributed by atoms with Crippen molar-refractivity contribution >= 4 is 37.6 Å². The van der Waals surface area contributed by atoms with Gasteiger partial charge < -0.3 is 0 Å². The van der Waals surface area contributed by atoms with Crippen LogP contribution in [0.3, 0.4) is 0 Å². The molecule has 1 N–H and O–H groups in total. The molecule has 1 aromatic carbocycles. The molecule has 1 aromatic heterocycles. The molecule has 4 nitrogen and oxygen atoms in total. The minimum Gasteiger partial charge on any atom is -0.262 e. The second-order valence-corrected chi connectivity index (χ2v) is 7.55. The molecule has 0 amide bonds. The molecule has 0 aliphatic rings. The van der Waals surface area contributed by atoms with Crippen LogP contribution in [0.5, 0.6) is 0 Å². The lowest BCUT2D eigenvalue weighted by atomic mass is 10.1. The van der Waals surface area contributed by atoms with E-state index in [9.17, 15) is 21.6 Å². The molecule has 0 radical (unpaired) electrons. The lowest BCUT2D eigenvalue weighted by Crippen LogP contribution is -2.38. The van der Waals surface area contributed by atoms with Crippen LogP contribution in [-0.4, -0.2) is 19.6 Å².